The van der Waals surface area contributed by atoms with Gasteiger partial charge in [0.05, 0.1) is 12.5 Å². The number of halogens is 1. The first-order valence-corrected chi connectivity index (χ1v) is 11.6. The number of carbonyl (C=O) groups excluding carboxylic acids is 2. The van der Waals surface area contributed by atoms with Crippen LogP contribution in [0, 0.1) is 5.92 Å². The molecule has 2 aliphatic rings. The van der Waals surface area contributed by atoms with Crippen LogP contribution in [0.3, 0.4) is 0 Å². The Morgan fingerprint density at radius 3 is 2.47 bits per heavy atom. The van der Waals surface area contributed by atoms with Gasteiger partial charge in [0.1, 0.15) is 11.9 Å². The third-order valence-corrected chi connectivity index (χ3v) is 6.33. The summed E-state index contributed by atoms with van der Waals surface area (Å²) >= 11 is 5.91. The largest absolute Gasteiger partial charge is 0.489 e. The molecule has 0 radical (unpaired) electrons. The van der Waals surface area contributed by atoms with Crippen molar-refractivity contribution in [3.05, 3.63) is 77.4 Å². The fraction of sp³-hybridized carbons (Fsp3) is 0.280. The minimum atomic E-state index is -0.0828. The number of carbonyl (C=O) groups is 2. The van der Waals surface area contributed by atoms with Gasteiger partial charge in [0.2, 0.25) is 5.91 Å². The van der Waals surface area contributed by atoms with Crippen LogP contribution in [0.2, 0.25) is 5.02 Å². The summed E-state index contributed by atoms with van der Waals surface area (Å²) < 4.78 is 6.07. The van der Waals surface area contributed by atoms with Crippen molar-refractivity contribution in [1.29, 1.82) is 0 Å². The SMILES string of the molecule is O=C(Nc1ccc(O[C@@H]2CCN(C(=O)c3ccc(Cl)cc3)C2)cc1)C1CN(c2cccnn2)C1. The van der Waals surface area contributed by atoms with E-state index >= 15 is 0 Å². The number of nitrogens with one attached hydrogen (secondary N) is 1. The summed E-state index contributed by atoms with van der Waals surface area (Å²) in [4.78, 5) is 29.0. The normalized spacial score (nSPS) is 17.9. The summed E-state index contributed by atoms with van der Waals surface area (Å²) in [6.45, 7) is 2.43. The van der Waals surface area contributed by atoms with Gasteiger partial charge in [-0.1, -0.05) is 11.6 Å². The predicted octanol–water partition coefficient (Wildman–Crippen LogP) is 3.50. The van der Waals surface area contributed by atoms with Gasteiger partial charge in [0, 0.05) is 48.5 Å². The van der Waals surface area contributed by atoms with Gasteiger partial charge in [-0.15, -0.1) is 5.10 Å². The van der Waals surface area contributed by atoms with Gasteiger partial charge >= 0.3 is 0 Å². The van der Waals surface area contributed by atoms with Crippen molar-refractivity contribution in [3.8, 4) is 5.75 Å². The van der Waals surface area contributed by atoms with E-state index in [1.54, 1.807) is 35.4 Å². The molecule has 174 valence electrons. The Labute approximate surface area is 202 Å². The number of benzene rings is 2. The maximum atomic E-state index is 12.7. The van der Waals surface area contributed by atoms with Gasteiger partial charge in [-0.3, -0.25) is 9.59 Å². The number of amides is 2. The fourth-order valence-electron chi connectivity index (χ4n) is 4.13. The Morgan fingerprint density at radius 1 is 1.00 bits per heavy atom. The van der Waals surface area contributed by atoms with Crippen molar-refractivity contribution < 1.29 is 14.3 Å². The second-order valence-corrected chi connectivity index (χ2v) is 8.92. The molecule has 8 nitrogen and oxygen atoms in total. The molecule has 2 fully saturated rings. The lowest BCUT2D eigenvalue weighted by Crippen LogP contribution is -2.52. The molecule has 1 atom stereocenters. The average Bonchev–Trinajstić information content (AvgIpc) is 3.29. The van der Waals surface area contributed by atoms with Crippen molar-refractivity contribution in [1.82, 2.24) is 15.1 Å². The molecule has 1 N–H and O–H groups in total. The fourth-order valence-corrected chi connectivity index (χ4v) is 4.26. The number of likely N-dealkylation sites (tertiary alicyclic amines) is 1. The number of nitrogens with zero attached hydrogens (tertiary/aromatic N) is 4. The minimum Gasteiger partial charge on any atom is -0.489 e. The summed E-state index contributed by atoms with van der Waals surface area (Å²) in [6, 6.07) is 18.0. The molecule has 0 unspecified atom stereocenters. The quantitative estimate of drug-likeness (QED) is 0.584. The molecule has 9 heteroatoms. The van der Waals surface area contributed by atoms with E-state index in [0.29, 0.717) is 42.5 Å². The molecule has 3 aromatic rings. The standard InChI is InChI=1S/C25H24ClN5O3/c26-19-5-3-17(4-6-19)25(33)30-13-11-22(16-30)34-21-9-7-20(8-10-21)28-24(32)18-14-31(15-18)23-2-1-12-27-29-23/h1-10,12,18,22H,11,13-16H2,(H,28,32)/t22-/m1/s1. The third-order valence-electron chi connectivity index (χ3n) is 6.08. The number of hydrogen-bond donors (Lipinski definition) is 1. The topological polar surface area (TPSA) is 87.7 Å². The molecule has 1 aromatic heterocycles. The monoisotopic (exact) mass is 477 g/mol. The van der Waals surface area contributed by atoms with E-state index in [9.17, 15) is 9.59 Å². The highest BCUT2D eigenvalue weighted by Gasteiger charge is 2.33. The lowest BCUT2D eigenvalue weighted by Gasteiger charge is -2.38. The zero-order valence-corrected chi connectivity index (χ0v) is 19.2. The number of ether oxygens (including phenoxy) is 1. The molecule has 0 saturated carbocycles. The van der Waals surface area contributed by atoms with E-state index in [4.69, 9.17) is 16.3 Å². The highest BCUT2D eigenvalue weighted by atomic mass is 35.5. The van der Waals surface area contributed by atoms with Crippen LogP contribution in [0.4, 0.5) is 11.5 Å². The van der Waals surface area contributed by atoms with Crippen LogP contribution in [-0.4, -0.2) is 59.2 Å². The maximum Gasteiger partial charge on any atom is 0.253 e. The third kappa shape index (κ3) is 4.97. The molecule has 2 aromatic carbocycles. The summed E-state index contributed by atoms with van der Waals surface area (Å²) in [5, 5.41) is 11.5. The summed E-state index contributed by atoms with van der Waals surface area (Å²) in [5.41, 5.74) is 1.35. The minimum absolute atomic E-state index is 0.0130. The van der Waals surface area contributed by atoms with E-state index < -0.39 is 0 Å². The molecular formula is C25H24ClN5O3. The van der Waals surface area contributed by atoms with Crippen molar-refractivity contribution in [3.63, 3.8) is 0 Å². The second-order valence-electron chi connectivity index (χ2n) is 8.48. The second kappa shape index (κ2) is 9.69. The van der Waals surface area contributed by atoms with Gasteiger partial charge in [0.15, 0.2) is 5.82 Å². The summed E-state index contributed by atoms with van der Waals surface area (Å²) in [5.74, 6) is 1.38. The first-order valence-electron chi connectivity index (χ1n) is 11.2. The van der Waals surface area contributed by atoms with Crippen molar-refractivity contribution in [2.75, 3.05) is 36.4 Å². The summed E-state index contributed by atoms with van der Waals surface area (Å²) in [7, 11) is 0. The number of anilines is 2. The molecule has 0 aliphatic carbocycles. The lowest BCUT2D eigenvalue weighted by atomic mass is 9.99. The molecule has 5 rings (SSSR count). The van der Waals surface area contributed by atoms with Crippen LogP contribution in [0.15, 0.2) is 66.9 Å². The van der Waals surface area contributed by atoms with Crippen molar-refractivity contribution >= 4 is 34.9 Å². The molecule has 0 bridgehead atoms. The number of aromatic nitrogens is 2. The Hall–Kier alpha value is -3.65. The smallest absolute Gasteiger partial charge is 0.253 e. The Balaban J connectivity index is 1.09. The van der Waals surface area contributed by atoms with Crippen molar-refractivity contribution in [2.45, 2.75) is 12.5 Å². The Morgan fingerprint density at radius 2 is 1.76 bits per heavy atom. The maximum absolute atomic E-state index is 12.7. The van der Waals surface area contributed by atoms with Gasteiger partial charge in [-0.05, 0) is 60.7 Å². The van der Waals surface area contributed by atoms with E-state index in [1.165, 1.54) is 0 Å². The summed E-state index contributed by atoms with van der Waals surface area (Å²) in [6.07, 6.45) is 2.32. The molecule has 2 aliphatic heterocycles. The van der Waals surface area contributed by atoms with Crippen LogP contribution in [0.5, 0.6) is 5.75 Å². The average molecular weight is 478 g/mol. The molecular weight excluding hydrogens is 454 g/mol. The predicted molar refractivity (Wildman–Crippen MR) is 129 cm³/mol. The highest BCUT2D eigenvalue weighted by Crippen LogP contribution is 2.25. The van der Waals surface area contributed by atoms with Gasteiger partial charge in [-0.2, -0.15) is 5.10 Å². The van der Waals surface area contributed by atoms with E-state index in [1.807, 2.05) is 41.3 Å². The molecule has 0 spiro atoms. The number of rotatable bonds is 6. The van der Waals surface area contributed by atoms with E-state index in [0.717, 1.165) is 17.9 Å². The molecule has 2 saturated heterocycles. The molecule has 34 heavy (non-hydrogen) atoms. The van der Waals surface area contributed by atoms with Gasteiger partial charge < -0.3 is 19.9 Å². The number of hydrogen-bond acceptors (Lipinski definition) is 6. The van der Waals surface area contributed by atoms with Crippen LogP contribution >= 0.6 is 11.6 Å². The highest BCUT2D eigenvalue weighted by molar-refractivity contribution is 6.30. The molecule has 3 heterocycles. The molecule has 2 amide bonds. The lowest BCUT2D eigenvalue weighted by molar-refractivity contribution is -0.120. The van der Waals surface area contributed by atoms with Crippen LogP contribution in [0.1, 0.15) is 16.8 Å². The Bertz CT molecular complexity index is 1150. The van der Waals surface area contributed by atoms with Crippen LogP contribution in [-0.2, 0) is 4.79 Å². The van der Waals surface area contributed by atoms with Crippen LogP contribution < -0.4 is 15.0 Å². The first kappa shape index (κ1) is 22.2. The first-order chi connectivity index (χ1) is 16.5. The van der Waals surface area contributed by atoms with E-state index in [2.05, 4.69) is 15.5 Å². The van der Waals surface area contributed by atoms with E-state index in [-0.39, 0.29) is 23.8 Å². The van der Waals surface area contributed by atoms with Crippen LogP contribution in [0.25, 0.3) is 0 Å². The zero-order chi connectivity index (χ0) is 23.5. The zero-order valence-electron chi connectivity index (χ0n) is 18.4. The van der Waals surface area contributed by atoms with Gasteiger partial charge in [-0.25, -0.2) is 0 Å². The Kier molecular flexibility index (Phi) is 6.31. The van der Waals surface area contributed by atoms with Crippen molar-refractivity contribution in [2.24, 2.45) is 5.92 Å². The van der Waals surface area contributed by atoms with Gasteiger partial charge in [0.25, 0.3) is 5.91 Å².